The molecule has 0 fully saturated rings. The standard InChI is InChI=1S/C17H15FN4O3/c1-11-8-15(21-25-11)17(24)19-6-7-22-10-20-14(9-16(22)23)12-2-4-13(18)5-3-12/h2-5,8-10H,6-7H2,1H3,(H,19,24). The number of benzene rings is 1. The minimum atomic E-state index is -0.374. The van der Waals surface area contributed by atoms with Crippen LogP contribution in [0.1, 0.15) is 16.2 Å². The van der Waals surface area contributed by atoms with E-state index in [0.717, 1.165) is 0 Å². The van der Waals surface area contributed by atoms with Gasteiger partial charge in [0, 0.05) is 30.8 Å². The van der Waals surface area contributed by atoms with Crippen molar-refractivity contribution in [2.45, 2.75) is 13.5 Å². The third-order valence-electron chi connectivity index (χ3n) is 3.52. The van der Waals surface area contributed by atoms with Crippen LogP contribution in [0.3, 0.4) is 0 Å². The van der Waals surface area contributed by atoms with E-state index in [1.165, 1.54) is 35.2 Å². The maximum atomic E-state index is 12.9. The van der Waals surface area contributed by atoms with Crippen molar-refractivity contribution in [2.24, 2.45) is 0 Å². The minimum absolute atomic E-state index is 0.189. The van der Waals surface area contributed by atoms with Gasteiger partial charge >= 0.3 is 0 Å². The summed E-state index contributed by atoms with van der Waals surface area (Å²) in [7, 11) is 0. The molecule has 0 aliphatic rings. The highest BCUT2D eigenvalue weighted by Crippen LogP contribution is 2.14. The SMILES string of the molecule is Cc1cc(C(=O)NCCn2cnc(-c3ccc(F)cc3)cc2=O)no1. The number of nitrogens with zero attached hydrogens (tertiary/aromatic N) is 3. The normalized spacial score (nSPS) is 10.6. The van der Waals surface area contributed by atoms with E-state index in [1.807, 2.05) is 0 Å². The van der Waals surface area contributed by atoms with Gasteiger partial charge in [-0.2, -0.15) is 0 Å². The second kappa shape index (κ2) is 7.08. The summed E-state index contributed by atoms with van der Waals surface area (Å²) in [4.78, 5) is 28.2. The zero-order valence-electron chi connectivity index (χ0n) is 13.4. The van der Waals surface area contributed by atoms with Crippen LogP contribution in [0.2, 0.25) is 0 Å². The number of amides is 1. The van der Waals surface area contributed by atoms with Crippen molar-refractivity contribution in [1.29, 1.82) is 0 Å². The quantitative estimate of drug-likeness (QED) is 0.763. The fraction of sp³-hybridized carbons (Fsp3) is 0.176. The summed E-state index contributed by atoms with van der Waals surface area (Å²) < 4.78 is 19.2. The van der Waals surface area contributed by atoms with Gasteiger partial charge in [-0.3, -0.25) is 14.2 Å². The summed E-state index contributed by atoms with van der Waals surface area (Å²) in [5.74, 6) is -0.183. The minimum Gasteiger partial charge on any atom is -0.361 e. The first-order valence-corrected chi connectivity index (χ1v) is 7.57. The lowest BCUT2D eigenvalue weighted by molar-refractivity contribution is 0.0943. The van der Waals surface area contributed by atoms with Gasteiger partial charge in [0.25, 0.3) is 11.5 Å². The van der Waals surface area contributed by atoms with Crippen molar-refractivity contribution < 1.29 is 13.7 Å². The molecule has 0 radical (unpaired) electrons. The molecule has 0 saturated heterocycles. The molecule has 0 unspecified atom stereocenters. The molecule has 0 spiro atoms. The van der Waals surface area contributed by atoms with Gasteiger partial charge in [0.1, 0.15) is 11.6 Å². The summed E-state index contributed by atoms with van der Waals surface area (Å²) in [6.07, 6.45) is 1.40. The largest absolute Gasteiger partial charge is 0.361 e. The Morgan fingerprint density at radius 3 is 2.68 bits per heavy atom. The molecular formula is C17H15FN4O3. The van der Waals surface area contributed by atoms with Crippen molar-refractivity contribution in [1.82, 2.24) is 20.0 Å². The topological polar surface area (TPSA) is 90.0 Å². The number of hydrogen-bond donors (Lipinski definition) is 1. The van der Waals surface area contributed by atoms with Crippen LogP contribution < -0.4 is 10.9 Å². The summed E-state index contributed by atoms with van der Waals surface area (Å²) in [5, 5.41) is 6.27. The summed E-state index contributed by atoms with van der Waals surface area (Å²) in [6, 6.07) is 8.63. The number of carbonyl (C=O) groups is 1. The Kier molecular flexibility index (Phi) is 4.69. The van der Waals surface area contributed by atoms with Gasteiger partial charge in [-0.25, -0.2) is 9.37 Å². The van der Waals surface area contributed by atoms with E-state index in [0.29, 0.717) is 17.0 Å². The van der Waals surface area contributed by atoms with E-state index in [2.05, 4.69) is 15.5 Å². The molecule has 0 bridgehead atoms. The summed E-state index contributed by atoms with van der Waals surface area (Å²) in [6.45, 7) is 2.19. The molecule has 0 aliphatic heterocycles. The first kappa shape index (κ1) is 16.6. The molecule has 2 heterocycles. The van der Waals surface area contributed by atoms with Gasteiger partial charge in [0.15, 0.2) is 5.69 Å². The highest BCUT2D eigenvalue weighted by molar-refractivity contribution is 5.92. The lowest BCUT2D eigenvalue weighted by Crippen LogP contribution is -2.31. The van der Waals surface area contributed by atoms with Gasteiger partial charge < -0.3 is 9.84 Å². The number of halogens is 1. The molecule has 0 atom stereocenters. The van der Waals surface area contributed by atoms with Crippen LogP contribution in [0.15, 0.2) is 52.0 Å². The van der Waals surface area contributed by atoms with Gasteiger partial charge in [-0.05, 0) is 31.2 Å². The van der Waals surface area contributed by atoms with E-state index >= 15 is 0 Å². The number of carbonyl (C=O) groups excluding carboxylic acids is 1. The Morgan fingerprint density at radius 1 is 1.28 bits per heavy atom. The predicted molar refractivity (Wildman–Crippen MR) is 87.5 cm³/mol. The van der Waals surface area contributed by atoms with Crippen LogP contribution in [0.25, 0.3) is 11.3 Å². The Morgan fingerprint density at radius 2 is 2.04 bits per heavy atom. The Balaban J connectivity index is 1.62. The molecule has 3 rings (SSSR count). The van der Waals surface area contributed by atoms with Crippen molar-refractivity contribution in [2.75, 3.05) is 6.54 Å². The van der Waals surface area contributed by atoms with Crippen LogP contribution in [0.4, 0.5) is 4.39 Å². The van der Waals surface area contributed by atoms with Gasteiger partial charge in [0.05, 0.1) is 12.0 Å². The van der Waals surface area contributed by atoms with Gasteiger partial charge in [-0.1, -0.05) is 5.16 Å². The Labute approximate surface area is 142 Å². The highest BCUT2D eigenvalue weighted by atomic mass is 19.1. The smallest absolute Gasteiger partial charge is 0.273 e. The molecular weight excluding hydrogens is 327 g/mol. The van der Waals surface area contributed by atoms with Crippen LogP contribution in [0.5, 0.6) is 0 Å². The monoisotopic (exact) mass is 342 g/mol. The van der Waals surface area contributed by atoms with E-state index in [4.69, 9.17) is 4.52 Å². The Hall–Kier alpha value is -3.29. The second-order valence-electron chi connectivity index (χ2n) is 5.39. The second-order valence-corrected chi connectivity index (χ2v) is 5.39. The molecule has 25 heavy (non-hydrogen) atoms. The molecule has 1 amide bonds. The van der Waals surface area contributed by atoms with E-state index < -0.39 is 0 Å². The first-order valence-electron chi connectivity index (χ1n) is 7.57. The number of aromatic nitrogens is 3. The van der Waals surface area contributed by atoms with Crippen LogP contribution in [-0.4, -0.2) is 27.2 Å². The lowest BCUT2D eigenvalue weighted by Gasteiger charge is -2.07. The third-order valence-corrected chi connectivity index (χ3v) is 3.52. The molecule has 1 N–H and O–H groups in total. The van der Waals surface area contributed by atoms with Gasteiger partial charge in [0.2, 0.25) is 0 Å². The summed E-state index contributed by atoms with van der Waals surface area (Å²) >= 11 is 0. The fourth-order valence-corrected chi connectivity index (χ4v) is 2.23. The molecule has 3 aromatic rings. The van der Waals surface area contributed by atoms with Crippen LogP contribution in [-0.2, 0) is 6.54 Å². The van der Waals surface area contributed by atoms with Crippen molar-refractivity contribution in [3.8, 4) is 11.3 Å². The maximum Gasteiger partial charge on any atom is 0.273 e. The molecule has 7 nitrogen and oxygen atoms in total. The van der Waals surface area contributed by atoms with Crippen molar-refractivity contribution >= 4 is 5.91 Å². The molecule has 8 heteroatoms. The number of nitrogens with one attached hydrogen (secondary N) is 1. The molecule has 128 valence electrons. The van der Waals surface area contributed by atoms with E-state index in [1.54, 1.807) is 19.1 Å². The Bertz CT molecular complexity index is 947. The summed E-state index contributed by atoms with van der Waals surface area (Å²) in [5.41, 5.74) is 1.04. The van der Waals surface area contributed by atoms with E-state index in [9.17, 15) is 14.0 Å². The van der Waals surface area contributed by atoms with Crippen LogP contribution >= 0.6 is 0 Å². The van der Waals surface area contributed by atoms with Gasteiger partial charge in [-0.15, -0.1) is 0 Å². The number of hydrogen-bond acceptors (Lipinski definition) is 5. The molecule has 2 aromatic heterocycles. The zero-order valence-corrected chi connectivity index (χ0v) is 13.4. The zero-order chi connectivity index (χ0) is 17.8. The average Bonchev–Trinajstić information content (AvgIpc) is 3.03. The highest BCUT2D eigenvalue weighted by Gasteiger charge is 2.10. The molecule has 0 aliphatic carbocycles. The first-order chi connectivity index (χ1) is 12.0. The fourth-order valence-electron chi connectivity index (χ4n) is 2.23. The average molecular weight is 342 g/mol. The van der Waals surface area contributed by atoms with Crippen LogP contribution in [0, 0.1) is 12.7 Å². The third kappa shape index (κ3) is 3.97. The van der Waals surface area contributed by atoms with Crippen molar-refractivity contribution in [3.05, 3.63) is 70.4 Å². The number of rotatable bonds is 5. The predicted octanol–water partition coefficient (Wildman–Crippen LogP) is 1.78. The molecule has 0 saturated carbocycles. The van der Waals surface area contributed by atoms with Crippen molar-refractivity contribution in [3.63, 3.8) is 0 Å². The maximum absolute atomic E-state index is 12.9. The lowest BCUT2D eigenvalue weighted by atomic mass is 10.1. The molecule has 1 aromatic carbocycles. The van der Waals surface area contributed by atoms with E-state index in [-0.39, 0.29) is 36.1 Å². The number of aryl methyl sites for hydroxylation is 1.